The van der Waals surface area contributed by atoms with E-state index in [2.05, 4.69) is 32.9 Å². The molecule has 1 unspecified atom stereocenters. The molecule has 1 aromatic heterocycles. The van der Waals surface area contributed by atoms with Crippen LogP contribution in [0.15, 0.2) is 72.0 Å². The van der Waals surface area contributed by atoms with Crippen LogP contribution in [0.5, 0.6) is 11.5 Å². The number of nitrogens with zero attached hydrogens (tertiary/aromatic N) is 3. The van der Waals surface area contributed by atoms with Crippen molar-refractivity contribution in [2.45, 2.75) is 19.6 Å². The fraction of sp³-hybridized carbons (Fsp3) is 0.273. The maximum Gasteiger partial charge on any atom is 0.191 e. The van der Waals surface area contributed by atoms with E-state index in [4.69, 9.17) is 9.47 Å². The Morgan fingerprint density at radius 1 is 1.10 bits per heavy atom. The third-order valence-electron chi connectivity index (χ3n) is 4.30. The summed E-state index contributed by atoms with van der Waals surface area (Å²) in [6.07, 6.45) is 3.66. The summed E-state index contributed by atoms with van der Waals surface area (Å²) in [5.41, 5.74) is 2.17. The zero-order valence-electron chi connectivity index (χ0n) is 17.0. The first kappa shape index (κ1) is 20.3. The summed E-state index contributed by atoms with van der Waals surface area (Å²) in [7, 11) is 3.40. The molecule has 152 valence electrons. The number of hydrogen-bond acceptors (Lipinski definition) is 4. The van der Waals surface area contributed by atoms with Gasteiger partial charge in [-0.1, -0.05) is 18.2 Å². The van der Waals surface area contributed by atoms with Gasteiger partial charge in [-0.15, -0.1) is 0 Å². The van der Waals surface area contributed by atoms with Gasteiger partial charge < -0.3 is 20.1 Å². The van der Waals surface area contributed by atoms with Crippen LogP contribution in [0.3, 0.4) is 0 Å². The number of benzene rings is 2. The first-order valence-electron chi connectivity index (χ1n) is 9.52. The van der Waals surface area contributed by atoms with E-state index in [9.17, 15) is 0 Å². The topological polar surface area (TPSA) is 72.7 Å². The van der Waals surface area contributed by atoms with Crippen molar-refractivity contribution < 1.29 is 9.47 Å². The molecule has 0 spiro atoms. The molecule has 0 amide bonds. The SMILES string of the molecule is CN=C(NCc1cccc(-n2cccn2)c1)NCC(C)Oc1cccc(OC)c1. The molecule has 0 saturated heterocycles. The van der Waals surface area contributed by atoms with Gasteiger partial charge in [-0.05, 0) is 42.8 Å². The van der Waals surface area contributed by atoms with Gasteiger partial charge in [0.25, 0.3) is 0 Å². The first-order chi connectivity index (χ1) is 14.2. The number of nitrogens with one attached hydrogen (secondary N) is 2. The van der Waals surface area contributed by atoms with Gasteiger partial charge in [0, 0.05) is 32.1 Å². The van der Waals surface area contributed by atoms with Gasteiger partial charge in [0.15, 0.2) is 5.96 Å². The zero-order chi connectivity index (χ0) is 20.5. The highest BCUT2D eigenvalue weighted by atomic mass is 16.5. The van der Waals surface area contributed by atoms with Crippen LogP contribution < -0.4 is 20.1 Å². The third-order valence-corrected chi connectivity index (χ3v) is 4.30. The summed E-state index contributed by atoms with van der Waals surface area (Å²) >= 11 is 0. The molecule has 0 bridgehead atoms. The number of aromatic nitrogens is 2. The number of aliphatic imine (C=N–C) groups is 1. The summed E-state index contributed by atoms with van der Waals surface area (Å²) < 4.78 is 13.0. The van der Waals surface area contributed by atoms with Gasteiger partial charge in [-0.25, -0.2) is 4.68 Å². The van der Waals surface area contributed by atoms with Crippen molar-refractivity contribution in [3.63, 3.8) is 0 Å². The summed E-state index contributed by atoms with van der Waals surface area (Å²) in [6, 6.07) is 17.7. The second-order valence-electron chi connectivity index (χ2n) is 6.53. The molecule has 29 heavy (non-hydrogen) atoms. The second-order valence-corrected chi connectivity index (χ2v) is 6.53. The highest BCUT2D eigenvalue weighted by Crippen LogP contribution is 2.19. The Morgan fingerprint density at radius 3 is 2.69 bits per heavy atom. The summed E-state index contributed by atoms with van der Waals surface area (Å²) in [6.45, 7) is 3.28. The highest BCUT2D eigenvalue weighted by molar-refractivity contribution is 5.79. The van der Waals surface area contributed by atoms with Crippen molar-refractivity contribution in [3.05, 3.63) is 72.6 Å². The van der Waals surface area contributed by atoms with Crippen LogP contribution in [0.4, 0.5) is 0 Å². The molecule has 7 nitrogen and oxygen atoms in total. The Hall–Kier alpha value is -3.48. The molecule has 2 N–H and O–H groups in total. The Labute approximate surface area is 171 Å². The predicted octanol–water partition coefficient (Wildman–Crippen LogP) is 3.01. The van der Waals surface area contributed by atoms with Gasteiger partial charge in [0.1, 0.15) is 17.6 Å². The lowest BCUT2D eigenvalue weighted by Gasteiger charge is -2.18. The lowest BCUT2D eigenvalue weighted by molar-refractivity contribution is 0.223. The number of rotatable bonds is 8. The molecule has 2 aromatic carbocycles. The van der Waals surface area contributed by atoms with Gasteiger partial charge in [-0.2, -0.15) is 5.10 Å². The lowest BCUT2D eigenvalue weighted by atomic mass is 10.2. The second kappa shape index (κ2) is 10.2. The molecule has 0 radical (unpaired) electrons. The molecular formula is C22H27N5O2. The van der Waals surface area contributed by atoms with Crippen molar-refractivity contribution in [1.29, 1.82) is 0 Å². The molecule has 3 aromatic rings. The van der Waals surface area contributed by atoms with Crippen molar-refractivity contribution in [3.8, 4) is 17.2 Å². The Bertz CT molecular complexity index is 924. The molecule has 3 rings (SSSR count). The fourth-order valence-corrected chi connectivity index (χ4v) is 2.83. The highest BCUT2D eigenvalue weighted by Gasteiger charge is 2.07. The van der Waals surface area contributed by atoms with Gasteiger partial charge in [0.05, 0.1) is 19.3 Å². The Kier molecular flexibility index (Phi) is 7.10. The van der Waals surface area contributed by atoms with Gasteiger partial charge in [0.2, 0.25) is 0 Å². The largest absolute Gasteiger partial charge is 0.497 e. The Morgan fingerprint density at radius 2 is 1.93 bits per heavy atom. The lowest BCUT2D eigenvalue weighted by Crippen LogP contribution is -2.41. The molecule has 0 fully saturated rings. The van der Waals surface area contributed by atoms with Crippen LogP contribution in [-0.2, 0) is 6.54 Å². The van der Waals surface area contributed by atoms with Crippen molar-refractivity contribution >= 4 is 5.96 Å². The monoisotopic (exact) mass is 393 g/mol. The van der Waals surface area contributed by atoms with E-state index in [1.807, 2.05) is 60.3 Å². The van der Waals surface area contributed by atoms with Crippen LogP contribution in [-0.4, -0.2) is 42.5 Å². The minimum absolute atomic E-state index is 0.0381. The van der Waals surface area contributed by atoms with E-state index in [0.717, 1.165) is 28.7 Å². The summed E-state index contributed by atoms with van der Waals surface area (Å²) in [4.78, 5) is 4.28. The van der Waals surface area contributed by atoms with E-state index in [0.29, 0.717) is 13.1 Å². The summed E-state index contributed by atoms with van der Waals surface area (Å²) in [5.74, 6) is 2.27. The van der Waals surface area contributed by atoms with E-state index >= 15 is 0 Å². The van der Waals surface area contributed by atoms with Crippen molar-refractivity contribution in [2.24, 2.45) is 4.99 Å². The van der Waals surface area contributed by atoms with E-state index in [-0.39, 0.29) is 6.10 Å². The quantitative estimate of drug-likeness (QED) is 0.455. The average Bonchev–Trinajstić information content (AvgIpc) is 3.29. The zero-order valence-corrected chi connectivity index (χ0v) is 17.0. The smallest absolute Gasteiger partial charge is 0.191 e. The Balaban J connectivity index is 1.49. The number of guanidine groups is 1. The molecule has 1 heterocycles. The average molecular weight is 393 g/mol. The van der Waals surface area contributed by atoms with Crippen molar-refractivity contribution in [2.75, 3.05) is 20.7 Å². The van der Waals surface area contributed by atoms with E-state index < -0.39 is 0 Å². The first-order valence-corrected chi connectivity index (χ1v) is 9.52. The van der Waals surface area contributed by atoms with Crippen LogP contribution in [0.2, 0.25) is 0 Å². The summed E-state index contributed by atoms with van der Waals surface area (Å²) in [5, 5.41) is 10.9. The predicted molar refractivity (Wildman–Crippen MR) is 115 cm³/mol. The molecule has 0 aliphatic heterocycles. The van der Waals surface area contributed by atoms with Crippen LogP contribution in [0, 0.1) is 0 Å². The maximum atomic E-state index is 5.94. The third kappa shape index (κ3) is 6.00. The minimum Gasteiger partial charge on any atom is -0.497 e. The standard InChI is InChI=1S/C22H27N5O2/c1-17(29-21-10-5-9-20(14-21)28-3)15-24-22(23-2)25-16-18-7-4-8-19(13-18)27-12-6-11-26-27/h4-14,17H,15-16H2,1-3H3,(H2,23,24,25). The molecule has 0 aliphatic carbocycles. The van der Waals surface area contributed by atoms with Crippen LogP contribution in [0.25, 0.3) is 5.69 Å². The van der Waals surface area contributed by atoms with Crippen LogP contribution >= 0.6 is 0 Å². The number of hydrogen-bond donors (Lipinski definition) is 2. The van der Waals surface area contributed by atoms with E-state index in [1.54, 1.807) is 20.4 Å². The molecule has 0 aliphatic rings. The molecule has 0 saturated carbocycles. The molecule has 7 heteroatoms. The van der Waals surface area contributed by atoms with Gasteiger partial charge >= 0.3 is 0 Å². The molecular weight excluding hydrogens is 366 g/mol. The number of methoxy groups -OCH3 is 1. The van der Waals surface area contributed by atoms with Crippen molar-refractivity contribution in [1.82, 2.24) is 20.4 Å². The maximum absolute atomic E-state index is 5.94. The minimum atomic E-state index is -0.0381. The number of ether oxygens (including phenoxy) is 2. The molecule has 1 atom stereocenters. The van der Waals surface area contributed by atoms with Crippen LogP contribution in [0.1, 0.15) is 12.5 Å². The fourth-order valence-electron chi connectivity index (χ4n) is 2.83. The van der Waals surface area contributed by atoms with E-state index in [1.165, 1.54) is 0 Å². The normalized spacial score (nSPS) is 12.3. The van der Waals surface area contributed by atoms with Gasteiger partial charge in [-0.3, -0.25) is 4.99 Å².